The van der Waals surface area contributed by atoms with Gasteiger partial charge in [0.05, 0.1) is 25.4 Å². The van der Waals surface area contributed by atoms with Crippen molar-refractivity contribution >= 4 is 5.91 Å². The first-order valence-electron chi connectivity index (χ1n) is 24.7. The van der Waals surface area contributed by atoms with Gasteiger partial charge in [0.25, 0.3) is 0 Å². The van der Waals surface area contributed by atoms with Gasteiger partial charge in [-0.2, -0.15) is 0 Å². The first-order valence-corrected chi connectivity index (χ1v) is 24.7. The molecule has 0 saturated carbocycles. The lowest BCUT2D eigenvalue weighted by Crippen LogP contribution is -2.60. The van der Waals surface area contributed by atoms with E-state index in [0.29, 0.717) is 19.3 Å². The number of carbonyl (C=O) groups excluding carboxylic acids is 1. The Morgan fingerprint density at radius 2 is 1.00 bits per heavy atom. The quantitative estimate of drug-likeness (QED) is 0.0234. The normalized spacial score (nSPS) is 21.4. The van der Waals surface area contributed by atoms with Crippen molar-refractivity contribution in [2.24, 2.45) is 0 Å². The molecule has 8 atom stereocenters. The molecule has 1 saturated heterocycles. The van der Waals surface area contributed by atoms with Crippen molar-refractivity contribution in [3.05, 3.63) is 24.3 Å². The summed E-state index contributed by atoms with van der Waals surface area (Å²) < 4.78 is 11.1. The topological polar surface area (TPSA) is 169 Å². The van der Waals surface area contributed by atoms with Crippen LogP contribution >= 0.6 is 0 Å². The van der Waals surface area contributed by atoms with Crippen LogP contribution in [0.3, 0.4) is 0 Å². The van der Waals surface area contributed by atoms with E-state index in [1.807, 2.05) is 6.08 Å². The molecule has 1 rings (SSSR count). The number of unbranched alkanes of at least 4 members (excludes halogenated alkanes) is 28. The summed E-state index contributed by atoms with van der Waals surface area (Å²) >= 11 is 0. The molecule has 1 amide bonds. The molecule has 1 aliphatic rings. The summed E-state index contributed by atoms with van der Waals surface area (Å²) in [7, 11) is 0. The number of hydrogen-bond donors (Lipinski definition) is 7. The van der Waals surface area contributed by atoms with Crippen molar-refractivity contribution in [3.8, 4) is 0 Å². The summed E-state index contributed by atoms with van der Waals surface area (Å²) in [5.74, 6) is -0.624. The van der Waals surface area contributed by atoms with Crippen molar-refractivity contribution in [2.45, 2.75) is 268 Å². The summed E-state index contributed by atoms with van der Waals surface area (Å²) in [6.45, 7) is 3.60. The Bertz CT molecular complexity index is 995. The Morgan fingerprint density at radius 3 is 1.47 bits per heavy atom. The second-order valence-corrected chi connectivity index (χ2v) is 17.4. The Labute approximate surface area is 361 Å². The first-order chi connectivity index (χ1) is 28.8. The predicted molar refractivity (Wildman–Crippen MR) is 241 cm³/mol. The summed E-state index contributed by atoms with van der Waals surface area (Å²) in [5.41, 5.74) is 0. The summed E-state index contributed by atoms with van der Waals surface area (Å²) in [4.78, 5) is 13.1. The number of aliphatic hydroxyl groups excluding tert-OH is 6. The van der Waals surface area contributed by atoms with Crippen LogP contribution in [0.5, 0.6) is 0 Å². The second kappa shape index (κ2) is 39.5. The second-order valence-electron chi connectivity index (χ2n) is 17.4. The fourth-order valence-corrected chi connectivity index (χ4v) is 7.83. The molecule has 8 unspecified atom stereocenters. The molecule has 0 radical (unpaired) electrons. The van der Waals surface area contributed by atoms with Gasteiger partial charge in [-0.15, -0.1) is 0 Å². The third kappa shape index (κ3) is 29.5. The van der Waals surface area contributed by atoms with Gasteiger partial charge in [0.2, 0.25) is 5.91 Å². The lowest BCUT2D eigenvalue weighted by Gasteiger charge is -2.40. The third-order valence-corrected chi connectivity index (χ3v) is 11.9. The van der Waals surface area contributed by atoms with E-state index < -0.39 is 61.5 Å². The molecule has 0 aromatic carbocycles. The molecule has 0 aliphatic carbocycles. The number of allylic oxidation sites excluding steroid dienone is 3. The number of ether oxygens (including phenoxy) is 2. The van der Waals surface area contributed by atoms with Gasteiger partial charge in [0, 0.05) is 0 Å². The number of nitrogens with one attached hydrogen (secondary N) is 1. The van der Waals surface area contributed by atoms with E-state index >= 15 is 0 Å². The average molecular weight is 840 g/mol. The van der Waals surface area contributed by atoms with E-state index in [2.05, 4.69) is 31.3 Å². The highest BCUT2D eigenvalue weighted by Crippen LogP contribution is 2.23. The van der Waals surface area contributed by atoms with Crippen LogP contribution in [0.25, 0.3) is 0 Å². The Balaban J connectivity index is 2.36. The number of rotatable bonds is 41. The zero-order chi connectivity index (χ0) is 43.2. The van der Waals surface area contributed by atoms with Gasteiger partial charge in [0.1, 0.15) is 30.5 Å². The maximum Gasteiger partial charge on any atom is 0.249 e. The molecule has 0 aromatic rings. The molecule has 1 heterocycles. The highest BCUT2D eigenvalue weighted by atomic mass is 16.7. The van der Waals surface area contributed by atoms with Crippen molar-refractivity contribution in [1.82, 2.24) is 5.32 Å². The molecule has 348 valence electrons. The largest absolute Gasteiger partial charge is 0.394 e. The van der Waals surface area contributed by atoms with Gasteiger partial charge in [-0.05, 0) is 32.1 Å². The minimum atomic E-state index is -1.61. The zero-order valence-corrected chi connectivity index (χ0v) is 37.9. The molecule has 10 heteroatoms. The predicted octanol–water partition coefficient (Wildman–Crippen LogP) is 9.64. The minimum absolute atomic E-state index is 0.308. The van der Waals surface area contributed by atoms with Crippen LogP contribution < -0.4 is 5.32 Å². The van der Waals surface area contributed by atoms with Crippen molar-refractivity contribution in [3.63, 3.8) is 0 Å². The molecule has 7 N–H and O–H groups in total. The first kappa shape index (κ1) is 55.6. The lowest BCUT2D eigenvalue weighted by atomic mass is 9.99. The van der Waals surface area contributed by atoms with Gasteiger partial charge < -0.3 is 45.4 Å². The summed E-state index contributed by atoms with van der Waals surface area (Å²) in [5, 5.41) is 64.7. The fourth-order valence-electron chi connectivity index (χ4n) is 7.83. The maximum atomic E-state index is 13.1. The molecule has 1 aliphatic heterocycles. The molecule has 0 bridgehead atoms. The molecule has 0 aromatic heterocycles. The SMILES string of the molecule is CCCCCCCCCC/C=C/CC/C=C/C(O)C(COC1OC(CO)C(O)C(O)C1O)NC(=O)C(O)CCCCCCCCCCCCCCCCCCCCCC. The van der Waals surface area contributed by atoms with Gasteiger partial charge in [0.15, 0.2) is 6.29 Å². The van der Waals surface area contributed by atoms with E-state index in [-0.39, 0.29) is 6.61 Å². The standard InChI is InChI=1S/C49H93NO9/c1-3-5-7-9-11-13-15-17-19-20-21-22-23-24-26-28-30-32-34-36-38-43(53)48(57)50-41(40-58-49-47(56)46(55)45(54)44(39-51)59-49)42(52)37-35-33-31-29-27-25-18-16-14-12-10-8-6-4-2/h27,29,35,37,41-47,49,51-56H,3-26,28,30-34,36,38-40H2,1-2H3,(H,50,57)/b29-27+,37-35+. The number of aliphatic hydroxyl groups is 6. The van der Waals surface area contributed by atoms with Crippen LogP contribution in [0.15, 0.2) is 24.3 Å². The molecule has 0 spiro atoms. The number of amides is 1. The molecule has 59 heavy (non-hydrogen) atoms. The van der Waals surface area contributed by atoms with E-state index in [1.165, 1.54) is 154 Å². The molecular weight excluding hydrogens is 747 g/mol. The van der Waals surface area contributed by atoms with Crippen molar-refractivity contribution < 1.29 is 44.9 Å². The Hall–Kier alpha value is -1.37. The highest BCUT2D eigenvalue weighted by molar-refractivity contribution is 5.80. The number of hydrogen-bond acceptors (Lipinski definition) is 9. The third-order valence-electron chi connectivity index (χ3n) is 11.9. The van der Waals surface area contributed by atoms with Gasteiger partial charge in [-0.3, -0.25) is 4.79 Å². The van der Waals surface area contributed by atoms with Crippen LogP contribution in [0.2, 0.25) is 0 Å². The zero-order valence-electron chi connectivity index (χ0n) is 37.9. The van der Waals surface area contributed by atoms with Crippen molar-refractivity contribution in [1.29, 1.82) is 0 Å². The summed E-state index contributed by atoms with van der Waals surface area (Å²) in [6, 6.07) is -0.992. The highest BCUT2D eigenvalue weighted by Gasteiger charge is 2.44. The van der Waals surface area contributed by atoms with Crippen LogP contribution in [-0.4, -0.2) is 98.7 Å². The van der Waals surface area contributed by atoms with E-state index in [4.69, 9.17) is 9.47 Å². The molecule has 10 nitrogen and oxygen atoms in total. The van der Waals surface area contributed by atoms with Crippen molar-refractivity contribution in [2.75, 3.05) is 13.2 Å². The maximum absolute atomic E-state index is 13.1. The smallest absolute Gasteiger partial charge is 0.249 e. The monoisotopic (exact) mass is 840 g/mol. The average Bonchev–Trinajstić information content (AvgIpc) is 3.23. The van der Waals surface area contributed by atoms with E-state index in [9.17, 15) is 35.4 Å². The van der Waals surface area contributed by atoms with Crippen LogP contribution in [0.4, 0.5) is 0 Å². The molecular formula is C49H93NO9. The van der Waals surface area contributed by atoms with Gasteiger partial charge >= 0.3 is 0 Å². The molecule has 1 fully saturated rings. The van der Waals surface area contributed by atoms with Gasteiger partial charge in [-0.25, -0.2) is 0 Å². The van der Waals surface area contributed by atoms with E-state index in [0.717, 1.165) is 32.1 Å². The fraction of sp³-hybridized carbons (Fsp3) is 0.898. The number of carbonyl (C=O) groups is 1. The van der Waals surface area contributed by atoms with Crippen LogP contribution in [0.1, 0.15) is 219 Å². The van der Waals surface area contributed by atoms with Crippen LogP contribution in [0, 0.1) is 0 Å². The minimum Gasteiger partial charge on any atom is -0.394 e. The van der Waals surface area contributed by atoms with E-state index in [1.54, 1.807) is 6.08 Å². The lowest BCUT2D eigenvalue weighted by molar-refractivity contribution is -0.302. The Kier molecular flexibility index (Phi) is 37.2. The van der Waals surface area contributed by atoms with Gasteiger partial charge in [-0.1, -0.05) is 212 Å². The summed E-state index contributed by atoms with van der Waals surface area (Å²) in [6.07, 6.45) is 37.0. The van der Waals surface area contributed by atoms with Crippen LogP contribution in [-0.2, 0) is 14.3 Å². The Morgan fingerprint density at radius 1 is 0.576 bits per heavy atom.